The van der Waals surface area contributed by atoms with Crippen molar-refractivity contribution in [3.8, 4) is 39.5 Å². The Morgan fingerprint density at radius 1 is 0.703 bits per heavy atom. The molecular formula is C56H51GeIrN5O-2. The number of rotatable bonds is 9. The Bertz CT molecular complexity index is 3260. The summed E-state index contributed by atoms with van der Waals surface area (Å²) in [4.78, 5) is 18.7. The first kappa shape index (κ1) is 42.0. The van der Waals surface area contributed by atoms with Gasteiger partial charge in [0.2, 0.25) is 0 Å². The van der Waals surface area contributed by atoms with Crippen LogP contribution in [0.5, 0.6) is 0 Å². The van der Waals surface area contributed by atoms with Gasteiger partial charge in [0.1, 0.15) is 17.4 Å². The third-order valence-electron chi connectivity index (χ3n) is 11.4. The number of pyridine rings is 1. The molecule has 10 aromatic rings. The average Bonchev–Trinajstić information content (AvgIpc) is 3.90. The van der Waals surface area contributed by atoms with E-state index in [-0.39, 0.29) is 31.9 Å². The normalized spacial score (nSPS) is 12.3. The summed E-state index contributed by atoms with van der Waals surface area (Å²) in [7, 11) is 0. The summed E-state index contributed by atoms with van der Waals surface area (Å²) in [5.74, 6) is 8.09. The van der Waals surface area contributed by atoms with E-state index >= 15 is 0 Å². The summed E-state index contributed by atoms with van der Waals surface area (Å²) in [5.41, 5.74) is 13.0. The van der Waals surface area contributed by atoms with Gasteiger partial charge in [0.15, 0.2) is 5.65 Å². The molecule has 0 amide bonds. The summed E-state index contributed by atoms with van der Waals surface area (Å²) >= 11 is -2.30. The molecule has 0 saturated carbocycles. The van der Waals surface area contributed by atoms with Crippen molar-refractivity contribution in [2.45, 2.75) is 63.2 Å². The third kappa shape index (κ3) is 9.03. The van der Waals surface area contributed by atoms with Crippen molar-refractivity contribution in [3.05, 3.63) is 193 Å². The van der Waals surface area contributed by atoms with Crippen LogP contribution in [0.3, 0.4) is 0 Å². The second-order valence-corrected chi connectivity index (χ2v) is 28.1. The molecule has 0 bridgehead atoms. The number of aromatic nitrogens is 5. The van der Waals surface area contributed by atoms with Gasteiger partial charge in [-0.2, -0.15) is 0 Å². The maximum Gasteiger partial charge on any atom is 0 e. The van der Waals surface area contributed by atoms with Crippen molar-refractivity contribution in [1.82, 2.24) is 24.5 Å². The van der Waals surface area contributed by atoms with Crippen molar-refractivity contribution in [2.75, 3.05) is 0 Å². The van der Waals surface area contributed by atoms with E-state index in [1.807, 2.05) is 97.3 Å². The van der Waals surface area contributed by atoms with Crippen molar-refractivity contribution >= 4 is 50.8 Å². The molecule has 0 aliphatic heterocycles. The minimum Gasteiger partial charge on any atom is 0 e. The molecule has 4 heterocycles. The van der Waals surface area contributed by atoms with Crippen LogP contribution < -0.4 is 4.40 Å². The van der Waals surface area contributed by atoms with Crippen molar-refractivity contribution in [2.24, 2.45) is 0 Å². The summed E-state index contributed by atoms with van der Waals surface area (Å²) < 4.78 is 27.5. The largest absolute Gasteiger partial charge is 0 e. The van der Waals surface area contributed by atoms with E-state index in [1.54, 1.807) is 6.33 Å². The maximum absolute atomic E-state index is 8.85. The van der Waals surface area contributed by atoms with Crippen molar-refractivity contribution in [1.29, 1.82) is 0 Å². The molecule has 0 spiro atoms. The summed E-state index contributed by atoms with van der Waals surface area (Å²) in [5, 5.41) is 2.12. The minimum atomic E-state index is -2.30. The standard InChI is InChI=1S/C35H29N4O.C21H22GeN.Ir/c1-21(2)28-17-24(23-11-6-5-7-12-23)18-29(22(3)4)32(28)39-30-19-36-20-37-34(30)38-35(39)27-15-10-14-26-25-13-8-9-16-31(25)40-33(26)27;1-22(2,3)20-16-23-21(18-12-8-5-9-13-18)15-19(20)14-17-10-6-4-7-11-17;/h5-14,16-22H,1-4H3;4-12,15-16H,14H2,1-3H3;/q2*-1;/i;14D2;. The van der Waals surface area contributed by atoms with Gasteiger partial charge in [-0.25, -0.2) is 9.97 Å². The molecule has 0 N–H and O–H groups in total. The number of imidazole rings is 1. The molecule has 0 unspecified atom stereocenters. The van der Waals surface area contributed by atoms with Gasteiger partial charge >= 0.3 is 144 Å². The molecule has 0 fully saturated rings. The quantitative estimate of drug-likeness (QED) is 0.106. The second kappa shape index (κ2) is 19.0. The molecule has 6 nitrogen and oxygen atoms in total. The summed E-state index contributed by atoms with van der Waals surface area (Å²) in [6.45, 7) is 9.00. The van der Waals surface area contributed by atoms with Crippen LogP contribution in [0, 0.1) is 12.1 Å². The number of hydrogen-bond donors (Lipinski definition) is 0. The van der Waals surface area contributed by atoms with Gasteiger partial charge in [0.25, 0.3) is 0 Å². The molecule has 0 aliphatic carbocycles. The predicted octanol–water partition coefficient (Wildman–Crippen LogP) is 13.8. The number of hydrogen-bond acceptors (Lipinski definition) is 5. The van der Waals surface area contributed by atoms with Crippen LogP contribution in [0.4, 0.5) is 0 Å². The Morgan fingerprint density at radius 3 is 2.08 bits per heavy atom. The molecule has 8 heteroatoms. The molecule has 1 radical (unpaired) electrons. The number of furan rings is 1. The molecular weight excluding hydrogens is 1020 g/mol. The zero-order valence-corrected chi connectivity index (χ0v) is 41.6. The fraction of sp³-hybridized carbons (Fsp3) is 0.179. The molecule has 10 rings (SSSR count). The zero-order valence-electron chi connectivity index (χ0n) is 39.1. The van der Waals surface area contributed by atoms with E-state index in [4.69, 9.17) is 12.1 Å². The van der Waals surface area contributed by atoms with Crippen molar-refractivity contribution in [3.63, 3.8) is 0 Å². The summed E-state index contributed by atoms with van der Waals surface area (Å²) in [6.07, 6.45) is 3.75. The van der Waals surface area contributed by atoms with E-state index in [1.165, 1.54) is 22.3 Å². The first-order chi connectivity index (χ1) is 31.3. The van der Waals surface area contributed by atoms with Gasteiger partial charge in [0.05, 0.1) is 17.6 Å². The Kier molecular flexibility index (Phi) is 12.5. The van der Waals surface area contributed by atoms with Gasteiger partial charge in [-0.1, -0.05) is 87.2 Å². The van der Waals surface area contributed by atoms with E-state index in [2.05, 4.69) is 131 Å². The number of nitrogens with zero attached hydrogens (tertiary/aromatic N) is 5. The van der Waals surface area contributed by atoms with Gasteiger partial charge in [-0.05, 0) is 52.3 Å². The SMILES string of the molecule is CC(C)c1cc(-c2ccccc2)cc(C(C)C)c1-n1c(-c2[c-]ccc3c2oc2ccccc23)nc2ncncc21.[2H]C([2H])(c1ccccc1)c1cc(-c2[c-]cccc2)nc[c]1[Ge]([CH3])([CH3])[CH3].[Ir]. The Labute approximate surface area is 395 Å². The van der Waals surface area contributed by atoms with Crippen LogP contribution >= 0.6 is 0 Å². The first-order valence-electron chi connectivity index (χ1n) is 22.6. The van der Waals surface area contributed by atoms with Gasteiger partial charge in [0, 0.05) is 31.2 Å². The van der Waals surface area contributed by atoms with Crippen LogP contribution in [0.15, 0.2) is 163 Å². The van der Waals surface area contributed by atoms with E-state index in [0.717, 1.165) is 65.7 Å². The molecule has 321 valence electrons. The molecule has 64 heavy (non-hydrogen) atoms. The van der Waals surface area contributed by atoms with Gasteiger partial charge in [-0.3, -0.25) is 4.98 Å². The number of para-hydroxylation sites is 1. The van der Waals surface area contributed by atoms with Crippen molar-refractivity contribution < 1.29 is 27.3 Å². The van der Waals surface area contributed by atoms with E-state index in [0.29, 0.717) is 11.2 Å². The average molecular weight is 1080 g/mol. The van der Waals surface area contributed by atoms with E-state index < -0.39 is 19.6 Å². The van der Waals surface area contributed by atoms with Crippen LogP contribution in [0.25, 0.3) is 72.6 Å². The molecule has 4 aromatic heterocycles. The first-order valence-corrected chi connectivity index (χ1v) is 28.9. The monoisotopic (exact) mass is 1080 g/mol. The fourth-order valence-corrected chi connectivity index (χ4v) is 11.1. The molecule has 0 saturated heterocycles. The molecule has 6 aromatic carbocycles. The minimum absolute atomic E-state index is 0. The zero-order chi connectivity index (χ0) is 45.5. The molecule has 0 aliphatic rings. The third-order valence-corrected chi connectivity index (χ3v) is 15.6. The Morgan fingerprint density at radius 2 is 1.39 bits per heavy atom. The van der Waals surface area contributed by atoms with Gasteiger partial charge < -0.3 is 8.98 Å². The Balaban J connectivity index is 0.000000197. The smallest absolute Gasteiger partial charge is 0 e. The summed E-state index contributed by atoms with van der Waals surface area (Å²) in [6, 6.07) is 53.1. The van der Waals surface area contributed by atoms with Crippen LogP contribution in [-0.2, 0) is 26.5 Å². The number of benzene rings is 6. The Hall–Kier alpha value is -5.99. The number of fused-ring (bicyclic) bond motifs is 4. The fourth-order valence-electron chi connectivity index (χ4n) is 8.22. The van der Waals surface area contributed by atoms with Gasteiger partial charge in [-0.15, -0.1) is 18.2 Å². The topological polar surface area (TPSA) is 69.6 Å². The maximum atomic E-state index is 8.85. The molecule has 0 atom stereocenters. The predicted molar refractivity (Wildman–Crippen MR) is 263 cm³/mol. The second-order valence-electron chi connectivity index (χ2n) is 17.5. The van der Waals surface area contributed by atoms with Crippen LogP contribution in [-0.4, -0.2) is 37.8 Å². The van der Waals surface area contributed by atoms with Crippen LogP contribution in [0.2, 0.25) is 17.3 Å². The van der Waals surface area contributed by atoms with Crippen LogP contribution in [0.1, 0.15) is 64.5 Å². The van der Waals surface area contributed by atoms with E-state index in [9.17, 15) is 0 Å².